The van der Waals surface area contributed by atoms with E-state index in [1.165, 1.54) is 53.2 Å². The highest BCUT2D eigenvalue weighted by molar-refractivity contribution is 7.38. The Hall–Kier alpha value is -9.95. The smallest absolute Gasteiger partial charge is 0.268 e. The number of para-hydroxylation sites is 9. The van der Waals surface area contributed by atoms with Crippen LogP contribution in [-0.2, 0) is 0 Å². The quantitative estimate of drug-likeness (QED) is 0.141. The van der Waals surface area contributed by atoms with Crippen molar-refractivity contribution in [3.63, 3.8) is 0 Å². The van der Waals surface area contributed by atoms with Gasteiger partial charge in [-0.25, -0.2) is 0 Å². The van der Waals surface area contributed by atoms with Crippen molar-refractivity contribution in [1.29, 1.82) is 0 Å². The fourth-order valence-corrected chi connectivity index (χ4v) is 14.9. The van der Waals surface area contributed by atoms with E-state index in [0.717, 1.165) is 85.4 Å². The van der Waals surface area contributed by atoms with E-state index in [-0.39, 0.29) is 13.4 Å². The Morgan fingerprint density at radius 3 is 1.44 bits per heavy atom. The summed E-state index contributed by atoms with van der Waals surface area (Å²) in [7, 11) is 0. The molecule has 9 heteroatoms. The normalized spacial score (nSPS) is 13.1. The number of nitrogens with zero attached hydrogens (tertiary/aromatic N) is 5. The summed E-state index contributed by atoms with van der Waals surface area (Å²) in [6.07, 6.45) is 0. The molecule has 4 aliphatic heterocycles. The maximum atomic E-state index is 7.94. The van der Waals surface area contributed by atoms with Crippen LogP contribution in [0, 0.1) is 0 Å². The molecular formula is C70H45B2N5OS. The second kappa shape index (κ2) is 17.3. The van der Waals surface area contributed by atoms with Gasteiger partial charge in [-0.3, -0.25) is 0 Å². The highest BCUT2D eigenvalue weighted by atomic mass is 32.1. The second-order valence-electron chi connectivity index (χ2n) is 20.8. The molecule has 0 N–H and O–H groups in total. The van der Waals surface area contributed by atoms with Crippen LogP contribution in [0.1, 0.15) is 0 Å². The van der Waals surface area contributed by atoms with Crippen LogP contribution in [0.3, 0.4) is 0 Å². The number of rotatable bonds is 8. The largest absolute Gasteiger partial charge is 0.455 e. The fraction of sp³-hybridized carbons (Fsp3) is 0. The zero-order valence-electron chi connectivity index (χ0n) is 42.7. The highest BCUT2D eigenvalue weighted by Crippen LogP contribution is 2.53. The predicted molar refractivity (Wildman–Crippen MR) is 333 cm³/mol. The molecule has 0 radical (unpaired) electrons. The van der Waals surface area contributed by atoms with Crippen molar-refractivity contribution in [2.45, 2.75) is 0 Å². The molecule has 6 heterocycles. The van der Waals surface area contributed by atoms with Gasteiger partial charge in [0.05, 0.1) is 22.6 Å². The van der Waals surface area contributed by atoms with Gasteiger partial charge in [-0.15, -0.1) is 0 Å². The minimum Gasteiger partial charge on any atom is -0.455 e. The third kappa shape index (κ3) is 6.48. The first-order chi connectivity index (χ1) is 39.2. The molecule has 79 heavy (non-hydrogen) atoms. The summed E-state index contributed by atoms with van der Waals surface area (Å²) in [5.41, 5.74) is 21.6. The number of anilines is 12. The molecule has 368 valence electrons. The van der Waals surface area contributed by atoms with Crippen molar-refractivity contribution in [2.24, 2.45) is 0 Å². The van der Waals surface area contributed by atoms with Gasteiger partial charge in [0.1, 0.15) is 5.75 Å². The number of benzene rings is 11. The van der Waals surface area contributed by atoms with Gasteiger partial charge in [-0.2, -0.15) is 11.3 Å². The molecule has 0 saturated carbocycles. The van der Waals surface area contributed by atoms with Crippen LogP contribution in [0.4, 0.5) is 68.2 Å². The lowest BCUT2D eigenvalue weighted by Crippen LogP contribution is -2.60. The van der Waals surface area contributed by atoms with Gasteiger partial charge in [0.2, 0.25) is 0 Å². The maximum absolute atomic E-state index is 7.94. The van der Waals surface area contributed by atoms with E-state index in [0.29, 0.717) is 0 Å². The molecule has 2 aromatic heterocycles. The molecule has 0 atom stereocenters. The van der Waals surface area contributed by atoms with Crippen molar-refractivity contribution in [3.8, 4) is 17.2 Å². The summed E-state index contributed by atoms with van der Waals surface area (Å²) in [6, 6.07) is 99.4. The molecule has 0 aliphatic carbocycles. The van der Waals surface area contributed by atoms with Crippen molar-refractivity contribution < 1.29 is 4.74 Å². The Bertz CT molecular complexity index is 4480. The molecule has 0 spiro atoms. The van der Waals surface area contributed by atoms with Gasteiger partial charge in [-0.05, 0) is 125 Å². The number of thiophene rings is 1. The van der Waals surface area contributed by atoms with Gasteiger partial charge >= 0.3 is 0 Å². The first kappa shape index (κ1) is 44.2. The molecule has 17 rings (SSSR count). The monoisotopic (exact) mass is 1030 g/mol. The van der Waals surface area contributed by atoms with Gasteiger partial charge in [0, 0.05) is 88.8 Å². The van der Waals surface area contributed by atoms with Gasteiger partial charge in [0.25, 0.3) is 13.4 Å². The van der Waals surface area contributed by atoms with Crippen LogP contribution < -0.4 is 55.7 Å². The molecule has 0 amide bonds. The summed E-state index contributed by atoms with van der Waals surface area (Å²) in [6.45, 7) is -0.246. The Kier molecular flexibility index (Phi) is 9.67. The van der Waals surface area contributed by atoms with Gasteiger partial charge in [0.15, 0.2) is 5.75 Å². The Balaban J connectivity index is 0.986. The molecule has 4 aliphatic rings. The van der Waals surface area contributed by atoms with E-state index < -0.39 is 0 Å². The van der Waals surface area contributed by atoms with Crippen molar-refractivity contribution in [2.75, 3.05) is 19.6 Å². The maximum Gasteiger partial charge on any atom is 0.268 e. The zero-order valence-corrected chi connectivity index (χ0v) is 43.5. The Morgan fingerprint density at radius 1 is 0.354 bits per heavy atom. The Labute approximate surface area is 462 Å². The first-order valence-corrected chi connectivity index (χ1v) is 27.9. The van der Waals surface area contributed by atoms with Crippen molar-refractivity contribution >= 4 is 146 Å². The second-order valence-corrected chi connectivity index (χ2v) is 21.8. The number of fused-ring (bicyclic) bond motifs is 12. The van der Waals surface area contributed by atoms with E-state index in [9.17, 15) is 0 Å². The minimum absolute atomic E-state index is 0.122. The van der Waals surface area contributed by atoms with Gasteiger partial charge in [-0.1, -0.05) is 164 Å². The lowest BCUT2D eigenvalue weighted by molar-refractivity contribution is 0.490. The third-order valence-electron chi connectivity index (χ3n) is 16.5. The van der Waals surface area contributed by atoms with E-state index >= 15 is 0 Å². The lowest BCUT2D eigenvalue weighted by Gasteiger charge is -2.44. The van der Waals surface area contributed by atoms with E-state index in [1.54, 1.807) is 0 Å². The van der Waals surface area contributed by atoms with Crippen LogP contribution in [0.5, 0.6) is 11.5 Å². The van der Waals surface area contributed by atoms with Crippen molar-refractivity contribution in [1.82, 2.24) is 4.57 Å². The SMILES string of the molecule is c1ccc(N(c2ccccc2)c2cc3c4c(c2)N(c2ccccc2)c2c(sc5c2Oc2cc(N(c6ccccc6)c6ccccc6)cc6c2B5c2cccc5c7ccccc7n-6c25)B4c2ccccc2N3c2ccccc2)cc1. The fourth-order valence-electron chi connectivity index (χ4n) is 13.4. The van der Waals surface area contributed by atoms with Crippen LogP contribution in [0.2, 0.25) is 0 Å². The summed E-state index contributed by atoms with van der Waals surface area (Å²) >= 11 is 1.93. The molecule has 0 fully saturated rings. The molecule has 0 bridgehead atoms. The van der Waals surface area contributed by atoms with Crippen LogP contribution in [0.15, 0.2) is 273 Å². The molecule has 0 saturated heterocycles. The summed E-state index contributed by atoms with van der Waals surface area (Å²) in [5, 5.41) is 2.49. The van der Waals surface area contributed by atoms with E-state index in [1.807, 2.05) is 11.3 Å². The number of hydrogen-bond acceptors (Lipinski definition) is 6. The molecule has 6 nitrogen and oxygen atoms in total. The van der Waals surface area contributed by atoms with Crippen LogP contribution in [-0.4, -0.2) is 18.0 Å². The number of ether oxygens (including phenoxy) is 1. The van der Waals surface area contributed by atoms with E-state index in [4.69, 9.17) is 4.74 Å². The molecular weight excluding hydrogens is 980 g/mol. The highest BCUT2D eigenvalue weighted by Gasteiger charge is 2.51. The summed E-state index contributed by atoms with van der Waals surface area (Å²) in [4.78, 5) is 9.80. The topological polar surface area (TPSA) is 27.1 Å². The minimum atomic E-state index is -0.123. The molecule has 13 aromatic rings. The van der Waals surface area contributed by atoms with E-state index in [2.05, 4.69) is 297 Å². The van der Waals surface area contributed by atoms with Crippen LogP contribution >= 0.6 is 11.3 Å². The molecule has 0 unspecified atom stereocenters. The zero-order chi connectivity index (χ0) is 51.7. The Morgan fingerprint density at radius 2 is 0.823 bits per heavy atom. The molecule has 11 aromatic carbocycles. The van der Waals surface area contributed by atoms with Crippen LogP contribution in [0.25, 0.3) is 27.5 Å². The average molecular weight is 1030 g/mol. The summed E-state index contributed by atoms with van der Waals surface area (Å²) in [5.74, 6) is 1.76. The number of hydrogen-bond donors (Lipinski definition) is 0. The summed E-state index contributed by atoms with van der Waals surface area (Å²) < 4.78 is 12.9. The van der Waals surface area contributed by atoms with Gasteiger partial charge < -0.3 is 28.9 Å². The van der Waals surface area contributed by atoms with Crippen molar-refractivity contribution in [3.05, 3.63) is 273 Å². The number of aromatic nitrogens is 1. The third-order valence-corrected chi connectivity index (χ3v) is 17.8. The predicted octanol–water partition coefficient (Wildman–Crippen LogP) is 14.8. The lowest BCUT2D eigenvalue weighted by atomic mass is 9.35. The first-order valence-electron chi connectivity index (χ1n) is 27.1. The average Bonchev–Trinajstić information content (AvgIpc) is 4.31. The standard InChI is InChI=1S/C70H45B2N5OS/c1-7-24-46(25-8-1)73(47-26-9-2-10-27-47)52-42-60-64-61(43-52)76(51-34-17-6-18-35-51)67-68-70(79-69(67)71(64)56-38-20-22-41-59(56)75(60)50-32-15-5-16-33-50)72-57-39-23-37-55-54-36-19-21-40-58(54)77(66(55)57)62-44-53(45-63(78-68)65(62)72)74(48-28-11-3-12-29-48)49-30-13-4-14-31-49/h1-45H.